The van der Waals surface area contributed by atoms with Crippen molar-refractivity contribution in [3.05, 3.63) is 71.8 Å². The van der Waals surface area contributed by atoms with Crippen molar-refractivity contribution in [2.24, 2.45) is 0 Å². The molecule has 5 rings (SSSR count). The first-order valence-corrected chi connectivity index (χ1v) is 11.5. The lowest BCUT2D eigenvalue weighted by Crippen LogP contribution is -2.20. The number of carbonyl (C=O) groups excluding carboxylic acids is 1. The predicted octanol–water partition coefficient (Wildman–Crippen LogP) is 4.31. The molecule has 2 aromatic carbocycles. The standard InChI is InChI=1S/C25H23ClN6O3/c1-2-34-23-11-19-17(10-20(23)32-25(33)21-12-28-21)24(30-14-29-19)31-15-6-7-22(18(26)9-15)35-13-16-5-3-4-8-27-16/h3-11,14,21,28H,2,12-13H2,1H3,(H,32,33)(H,29,30,31)/t21-/m1/s1. The first-order chi connectivity index (χ1) is 17.1. The monoisotopic (exact) mass is 490 g/mol. The van der Waals surface area contributed by atoms with Gasteiger partial charge in [0.15, 0.2) is 0 Å². The van der Waals surface area contributed by atoms with Gasteiger partial charge in [-0.3, -0.25) is 9.78 Å². The summed E-state index contributed by atoms with van der Waals surface area (Å²) < 4.78 is 11.5. The second kappa shape index (κ2) is 10.1. The normalized spacial score (nSPS) is 14.4. The summed E-state index contributed by atoms with van der Waals surface area (Å²) in [5.74, 6) is 1.56. The van der Waals surface area contributed by atoms with Crippen molar-refractivity contribution in [1.82, 2.24) is 20.3 Å². The van der Waals surface area contributed by atoms with E-state index in [-0.39, 0.29) is 11.9 Å². The lowest BCUT2D eigenvalue weighted by molar-refractivity contribution is -0.115. The lowest BCUT2D eigenvalue weighted by Gasteiger charge is -2.15. The van der Waals surface area contributed by atoms with Gasteiger partial charge in [-0.2, -0.15) is 0 Å². The topological polar surface area (TPSA) is 120 Å². The minimum atomic E-state index is -0.176. The number of amides is 1. The van der Waals surface area contributed by atoms with Gasteiger partial charge in [0.2, 0.25) is 5.91 Å². The molecule has 0 spiro atoms. The SMILES string of the molecule is CCOc1cc2ncnc(Nc3ccc(OCc4ccccn4)c(Cl)c3)c2cc1NC(=O)[C@H]1CN1. The summed E-state index contributed by atoms with van der Waals surface area (Å²) in [7, 11) is 0. The van der Waals surface area contributed by atoms with E-state index in [1.54, 1.807) is 24.4 Å². The van der Waals surface area contributed by atoms with Gasteiger partial charge in [0.05, 0.1) is 34.6 Å². The van der Waals surface area contributed by atoms with Gasteiger partial charge < -0.3 is 25.4 Å². The van der Waals surface area contributed by atoms with Crippen LogP contribution in [-0.4, -0.2) is 40.1 Å². The molecule has 1 atom stereocenters. The third-order valence-corrected chi connectivity index (χ3v) is 5.61. The Morgan fingerprint density at radius 2 is 2.00 bits per heavy atom. The van der Waals surface area contributed by atoms with Gasteiger partial charge in [0.1, 0.15) is 30.3 Å². The van der Waals surface area contributed by atoms with Crippen LogP contribution in [0.4, 0.5) is 17.2 Å². The molecule has 9 nitrogen and oxygen atoms in total. The lowest BCUT2D eigenvalue weighted by atomic mass is 10.1. The number of hydrogen-bond donors (Lipinski definition) is 3. The molecule has 3 N–H and O–H groups in total. The minimum Gasteiger partial charge on any atom is -0.492 e. The number of pyridine rings is 1. The van der Waals surface area contributed by atoms with Crippen LogP contribution in [0.5, 0.6) is 11.5 Å². The first-order valence-electron chi connectivity index (χ1n) is 11.2. The van der Waals surface area contributed by atoms with Gasteiger partial charge in [-0.15, -0.1) is 0 Å². The van der Waals surface area contributed by atoms with E-state index >= 15 is 0 Å². The maximum atomic E-state index is 12.3. The molecule has 1 saturated heterocycles. The molecule has 0 bridgehead atoms. The molecule has 0 unspecified atom stereocenters. The summed E-state index contributed by atoms with van der Waals surface area (Å²) in [6.07, 6.45) is 3.19. The Morgan fingerprint density at radius 3 is 2.74 bits per heavy atom. The largest absolute Gasteiger partial charge is 0.492 e. The van der Waals surface area contributed by atoms with E-state index in [1.165, 1.54) is 6.33 Å². The summed E-state index contributed by atoms with van der Waals surface area (Å²) in [6.45, 7) is 3.33. The van der Waals surface area contributed by atoms with Crippen LogP contribution in [0.1, 0.15) is 12.6 Å². The van der Waals surface area contributed by atoms with E-state index in [1.807, 2.05) is 37.3 Å². The van der Waals surface area contributed by atoms with Gasteiger partial charge >= 0.3 is 0 Å². The summed E-state index contributed by atoms with van der Waals surface area (Å²) in [5, 5.41) is 10.4. The molecule has 1 fully saturated rings. The number of halogens is 1. The average molecular weight is 491 g/mol. The van der Waals surface area contributed by atoms with Crippen LogP contribution in [0.3, 0.4) is 0 Å². The van der Waals surface area contributed by atoms with Crippen LogP contribution >= 0.6 is 11.6 Å². The molecule has 1 amide bonds. The third kappa shape index (κ3) is 5.42. The van der Waals surface area contributed by atoms with E-state index in [4.69, 9.17) is 21.1 Å². The Hall–Kier alpha value is -3.95. The summed E-state index contributed by atoms with van der Waals surface area (Å²) in [4.78, 5) is 25.4. The number of fused-ring (bicyclic) bond motifs is 1. The molecule has 3 heterocycles. The molecular weight excluding hydrogens is 468 g/mol. The Morgan fingerprint density at radius 1 is 1.11 bits per heavy atom. The zero-order valence-electron chi connectivity index (χ0n) is 18.9. The van der Waals surface area contributed by atoms with Crippen molar-refractivity contribution in [3.8, 4) is 11.5 Å². The molecule has 1 aliphatic rings. The second-order valence-electron chi connectivity index (χ2n) is 7.85. The number of anilines is 3. The van der Waals surface area contributed by atoms with Crippen molar-refractivity contribution in [2.75, 3.05) is 23.8 Å². The number of hydrogen-bond acceptors (Lipinski definition) is 8. The first kappa shape index (κ1) is 22.8. The van der Waals surface area contributed by atoms with Gasteiger partial charge in [-0.25, -0.2) is 9.97 Å². The van der Waals surface area contributed by atoms with Crippen LogP contribution in [0, 0.1) is 0 Å². The van der Waals surface area contributed by atoms with E-state index < -0.39 is 0 Å². The number of rotatable bonds is 9. The highest BCUT2D eigenvalue weighted by Gasteiger charge is 2.29. The van der Waals surface area contributed by atoms with Gasteiger partial charge in [0, 0.05) is 29.9 Å². The van der Waals surface area contributed by atoms with Crippen LogP contribution in [0.2, 0.25) is 5.02 Å². The summed E-state index contributed by atoms with van der Waals surface area (Å²) in [5.41, 5.74) is 2.77. The fourth-order valence-electron chi connectivity index (χ4n) is 3.49. The van der Waals surface area contributed by atoms with Crippen molar-refractivity contribution in [1.29, 1.82) is 0 Å². The number of benzene rings is 2. The smallest absolute Gasteiger partial charge is 0.242 e. The van der Waals surface area contributed by atoms with Gasteiger partial charge in [-0.05, 0) is 43.3 Å². The Labute approximate surface area is 206 Å². The van der Waals surface area contributed by atoms with E-state index in [2.05, 4.69) is 30.9 Å². The number of aromatic nitrogens is 3. The zero-order chi connectivity index (χ0) is 24.2. The molecule has 178 valence electrons. The van der Waals surface area contributed by atoms with Gasteiger partial charge in [-0.1, -0.05) is 17.7 Å². The highest BCUT2D eigenvalue weighted by molar-refractivity contribution is 6.32. The number of ether oxygens (including phenoxy) is 2. The number of nitrogens with one attached hydrogen (secondary N) is 3. The Bertz CT molecular complexity index is 1360. The summed E-state index contributed by atoms with van der Waals surface area (Å²) >= 11 is 6.47. The molecule has 2 aromatic heterocycles. The molecule has 35 heavy (non-hydrogen) atoms. The van der Waals surface area contributed by atoms with Crippen LogP contribution in [-0.2, 0) is 11.4 Å². The highest BCUT2D eigenvalue weighted by atomic mass is 35.5. The molecule has 10 heteroatoms. The van der Waals surface area contributed by atoms with E-state index in [0.717, 1.165) is 16.8 Å². The number of nitrogens with zero attached hydrogens (tertiary/aromatic N) is 3. The van der Waals surface area contributed by atoms with Crippen molar-refractivity contribution in [3.63, 3.8) is 0 Å². The Balaban J connectivity index is 1.39. The molecular formula is C25H23ClN6O3. The fourth-order valence-corrected chi connectivity index (χ4v) is 3.72. The third-order valence-electron chi connectivity index (χ3n) is 5.32. The zero-order valence-corrected chi connectivity index (χ0v) is 19.7. The van der Waals surface area contributed by atoms with Crippen molar-refractivity contribution >= 4 is 45.6 Å². The van der Waals surface area contributed by atoms with Crippen LogP contribution in [0.15, 0.2) is 61.1 Å². The average Bonchev–Trinajstić information content (AvgIpc) is 3.71. The molecule has 0 aliphatic carbocycles. The minimum absolute atomic E-state index is 0.107. The molecule has 0 radical (unpaired) electrons. The van der Waals surface area contributed by atoms with Gasteiger partial charge in [0.25, 0.3) is 0 Å². The highest BCUT2D eigenvalue weighted by Crippen LogP contribution is 2.35. The second-order valence-corrected chi connectivity index (χ2v) is 8.26. The summed E-state index contributed by atoms with van der Waals surface area (Å²) in [6, 6.07) is 14.5. The maximum Gasteiger partial charge on any atom is 0.242 e. The molecule has 0 saturated carbocycles. The van der Waals surface area contributed by atoms with Crippen molar-refractivity contribution < 1.29 is 14.3 Å². The maximum absolute atomic E-state index is 12.3. The molecule has 1 aliphatic heterocycles. The van der Waals surface area contributed by atoms with Crippen LogP contribution < -0.4 is 25.4 Å². The Kier molecular flexibility index (Phi) is 6.60. The number of carbonyl (C=O) groups is 1. The fraction of sp³-hybridized carbons (Fsp3) is 0.200. The quantitative estimate of drug-likeness (QED) is 0.297. The van der Waals surface area contributed by atoms with Crippen molar-refractivity contribution in [2.45, 2.75) is 19.6 Å². The predicted molar refractivity (Wildman–Crippen MR) is 134 cm³/mol. The van der Waals surface area contributed by atoms with Crippen LogP contribution in [0.25, 0.3) is 10.9 Å². The molecule has 4 aromatic rings. The van der Waals surface area contributed by atoms with E-state index in [9.17, 15) is 4.79 Å². The van der Waals surface area contributed by atoms with E-state index in [0.29, 0.717) is 53.3 Å².